The van der Waals surface area contributed by atoms with E-state index in [9.17, 15) is 5.11 Å². The Bertz CT molecular complexity index is 689. The van der Waals surface area contributed by atoms with E-state index in [4.69, 9.17) is 9.47 Å². The van der Waals surface area contributed by atoms with E-state index in [1.54, 1.807) is 12.3 Å². The standard InChI is InChI=1S/C18H21N3O3/c22-15-12-14(18(15)7-10-23-11-8-18)20-17-19-9-6-16(21-17)24-13-4-2-1-3-5-13/h1-6,9,14-15,22H,7-8,10-12H2,(H,19,20,21)/t14-,15-/m1/s1. The summed E-state index contributed by atoms with van der Waals surface area (Å²) in [7, 11) is 0. The van der Waals surface area contributed by atoms with Crippen molar-refractivity contribution in [1.29, 1.82) is 0 Å². The van der Waals surface area contributed by atoms with Gasteiger partial charge in [0.25, 0.3) is 0 Å². The van der Waals surface area contributed by atoms with Crippen LogP contribution in [0.4, 0.5) is 5.95 Å². The number of rotatable bonds is 4. The van der Waals surface area contributed by atoms with Gasteiger partial charge in [-0.3, -0.25) is 0 Å². The van der Waals surface area contributed by atoms with Gasteiger partial charge in [0.2, 0.25) is 11.8 Å². The highest BCUT2D eigenvalue weighted by Crippen LogP contribution is 2.49. The molecule has 24 heavy (non-hydrogen) atoms. The van der Waals surface area contributed by atoms with Gasteiger partial charge in [-0.1, -0.05) is 18.2 Å². The zero-order chi connectivity index (χ0) is 16.4. The predicted octanol–water partition coefficient (Wildman–Crippen LogP) is 2.61. The SMILES string of the molecule is O[C@@H]1C[C@@H](Nc2nccc(Oc3ccccc3)n2)C12CCOCC2. The van der Waals surface area contributed by atoms with Crippen molar-refractivity contribution >= 4 is 5.95 Å². The summed E-state index contributed by atoms with van der Waals surface area (Å²) in [6.45, 7) is 1.40. The van der Waals surface area contributed by atoms with Crippen molar-refractivity contribution in [3.05, 3.63) is 42.6 Å². The highest BCUT2D eigenvalue weighted by atomic mass is 16.5. The van der Waals surface area contributed by atoms with Crippen molar-refractivity contribution in [2.24, 2.45) is 5.41 Å². The third-order valence-corrected chi connectivity index (χ3v) is 5.14. The molecular weight excluding hydrogens is 306 g/mol. The molecule has 1 aliphatic carbocycles. The van der Waals surface area contributed by atoms with Crippen LogP contribution in [0.2, 0.25) is 0 Å². The Morgan fingerprint density at radius 3 is 2.71 bits per heavy atom. The second kappa shape index (κ2) is 6.37. The van der Waals surface area contributed by atoms with Crippen molar-refractivity contribution in [2.45, 2.75) is 31.4 Å². The Balaban J connectivity index is 1.46. The molecule has 1 aromatic heterocycles. The summed E-state index contributed by atoms with van der Waals surface area (Å²) in [4.78, 5) is 8.73. The van der Waals surface area contributed by atoms with Crippen LogP contribution in [0.5, 0.6) is 11.6 Å². The summed E-state index contributed by atoms with van der Waals surface area (Å²) in [6, 6.07) is 11.4. The molecule has 2 aliphatic rings. The van der Waals surface area contributed by atoms with Crippen LogP contribution in [-0.2, 0) is 4.74 Å². The van der Waals surface area contributed by atoms with E-state index in [0.29, 0.717) is 31.5 Å². The molecule has 126 valence electrons. The number of nitrogens with zero attached hydrogens (tertiary/aromatic N) is 2. The summed E-state index contributed by atoms with van der Waals surface area (Å²) in [5.74, 6) is 1.77. The molecule has 1 spiro atoms. The van der Waals surface area contributed by atoms with Gasteiger partial charge in [-0.2, -0.15) is 4.98 Å². The Morgan fingerprint density at radius 2 is 1.96 bits per heavy atom. The summed E-state index contributed by atoms with van der Waals surface area (Å²) >= 11 is 0. The zero-order valence-electron chi connectivity index (χ0n) is 13.4. The molecule has 1 aromatic carbocycles. The normalized spacial score (nSPS) is 25.0. The molecule has 0 bridgehead atoms. The van der Waals surface area contributed by atoms with Gasteiger partial charge in [-0.05, 0) is 31.4 Å². The number of anilines is 1. The van der Waals surface area contributed by atoms with Crippen molar-refractivity contribution in [2.75, 3.05) is 18.5 Å². The molecule has 1 aliphatic heterocycles. The Labute approximate surface area is 140 Å². The zero-order valence-corrected chi connectivity index (χ0v) is 13.4. The molecule has 1 saturated heterocycles. The fourth-order valence-corrected chi connectivity index (χ4v) is 3.63. The maximum Gasteiger partial charge on any atom is 0.226 e. The van der Waals surface area contributed by atoms with E-state index < -0.39 is 0 Å². The number of aliphatic hydroxyl groups excluding tert-OH is 1. The minimum Gasteiger partial charge on any atom is -0.439 e. The molecule has 6 nitrogen and oxygen atoms in total. The Morgan fingerprint density at radius 1 is 1.17 bits per heavy atom. The van der Waals surface area contributed by atoms with Gasteiger partial charge in [-0.25, -0.2) is 4.98 Å². The summed E-state index contributed by atoms with van der Waals surface area (Å²) < 4.78 is 11.2. The number of benzene rings is 1. The first-order valence-corrected chi connectivity index (χ1v) is 8.35. The van der Waals surface area contributed by atoms with E-state index >= 15 is 0 Å². The first-order chi connectivity index (χ1) is 11.8. The molecule has 0 unspecified atom stereocenters. The molecule has 2 aromatic rings. The van der Waals surface area contributed by atoms with Crippen molar-refractivity contribution in [1.82, 2.24) is 9.97 Å². The number of aromatic nitrogens is 2. The third kappa shape index (κ3) is 2.83. The number of aliphatic hydroxyl groups is 1. The van der Waals surface area contributed by atoms with E-state index in [1.165, 1.54) is 0 Å². The number of para-hydroxylation sites is 1. The monoisotopic (exact) mass is 327 g/mol. The molecule has 6 heteroatoms. The summed E-state index contributed by atoms with van der Waals surface area (Å²) in [5, 5.41) is 13.6. The number of ether oxygens (including phenoxy) is 2. The van der Waals surface area contributed by atoms with Crippen LogP contribution < -0.4 is 10.1 Å². The lowest BCUT2D eigenvalue weighted by Crippen LogP contribution is -2.62. The van der Waals surface area contributed by atoms with Crippen LogP contribution in [0.15, 0.2) is 42.6 Å². The third-order valence-electron chi connectivity index (χ3n) is 5.14. The average Bonchev–Trinajstić information content (AvgIpc) is 2.63. The summed E-state index contributed by atoms with van der Waals surface area (Å²) in [5.41, 5.74) is -0.113. The Hall–Kier alpha value is -2.18. The second-order valence-corrected chi connectivity index (χ2v) is 6.43. The maximum atomic E-state index is 10.3. The molecule has 4 rings (SSSR count). The average molecular weight is 327 g/mol. The van der Waals surface area contributed by atoms with E-state index in [1.807, 2.05) is 30.3 Å². The smallest absolute Gasteiger partial charge is 0.226 e. The van der Waals surface area contributed by atoms with Crippen LogP contribution >= 0.6 is 0 Å². The van der Waals surface area contributed by atoms with Gasteiger partial charge < -0.3 is 19.9 Å². The van der Waals surface area contributed by atoms with Crippen molar-refractivity contribution in [3.63, 3.8) is 0 Å². The first-order valence-electron chi connectivity index (χ1n) is 8.35. The van der Waals surface area contributed by atoms with Crippen LogP contribution in [0.1, 0.15) is 19.3 Å². The number of hydrogen-bond acceptors (Lipinski definition) is 6. The van der Waals surface area contributed by atoms with E-state index in [-0.39, 0.29) is 17.6 Å². The van der Waals surface area contributed by atoms with Gasteiger partial charge in [0.05, 0.1) is 6.10 Å². The lowest BCUT2D eigenvalue weighted by Gasteiger charge is -2.55. The molecule has 2 atom stereocenters. The highest BCUT2D eigenvalue weighted by molar-refractivity contribution is 5.34. The van der Waals surface area contributed by atoms with Crippen molar-refractivity contribution < 1.29 is 14.6 Å². The molecule has 1 saturated carbocycles. The molecule has 2 fully saturated rings. The van der Waals surface area contributed by atoms with Gasteiger partial charge >= 0.3 is 0 Å². The van der Waals surface area contributed by atoms with Crippen molar-refractivity contribution in [3.8, 4) is 11.6 Å². The lowest BCUT2D eigenvalue weighted by atomic mass is 9.58. The lowest BCUT2D eigenvalue weighted by molar-refractivity contribution is -0.133. The van der Waals surface area contributed by atoms with Gasteiger partial charge in [0.15, 0.2) is 0 Å². The second-order valence-electron chi connectivity index (χ2n) is 6.43. The fourth-order valence-electron chi connectivity index (χ4n) is 3.63. The fraction of sp³-hybridized carbons (Fsp3) is 0.444. The van der Waals surface area contributed by atoms with Crippen LogP contribution in [0.3, 0.4) is 0 Å². The highest BCUT2D eigenvalue weighted by Gasteiger charge is 2.55. The molecule has 2 N–H and O–H groups in total. The van der Waals surface area contributed by atoms with Gasteiger partial charge in [0.1, 0.15) is 5.75 Å². The number of nitrogens with one attached hydrogen (secondary N) is 1. The molecular formula is C18H21N3O3. The van der Waals surface area contributed by atoms with Crippen LogP contribution in [0.25, 0.3) is 0 Å². The first kappa shape index (κ1) is 15.4. The van der Waals surface area contributed by atoms with Gasteiger partial charge in [-0.15, -0.1) is 0 Å². The van der Waals surface area contributed by atoms with E-state index in [2.05, 4.69) is 15.3 Å². The van der Waals surface area contributed by atoms with E-state index in [0.717, 1.165) is 18.6 Å². The minimum absolute atomic E-state index is 0.113. The maximum absolute atomic E-state index is 10.3. The molecule has 0 radical (unpaired) electrons. The number of hydrogen-bond donors (Lipinski definition) is 2. The molecule has 0 amide bonds. The van der Waals surface area contributed by atoms with Crippen LogP contribution in [0, 0.1) is 5.41 Å². The van der Waals surface area contributed by atoms with Crippen LogP contribution in [-0.4, -0.2) is 40.4 Å². The summed E-state index contributed by atoms with van der Waals surface area (Å²) in [6.07, 6.45) is 3.85. The Kier molecular flexibility index (Phi) is 4.08. The minimum atomic E-state index is -0.275. The predicted molar refractivity (Wildman–Crippen MR) is 89.1 cm³/mol. The quantitative estimate of drug-likeness (QED) is 0.899. The van der Waals surface area contributed by atoms with Gasteiger partial charge in [0, 0.05) is 36.9 Å². The topological polar surface area (TPSA) is 76.5 Å². The largest absolute Gasteiger partial charge is 0.439 e. The molecule has 2 heterocycles.